The normalized spacial score (nSPS) is 11.9. The molecule has 2 aromatic rings. The summed E-state index contributed by atoms with van der Waals surface area (Å²) in [7, 11) is 0. The third kappa shape index (κ3) is 3.54. The summed E-state index contributed by atoms with van der Waals surface area (Å²) in [5, 5.41) is 0. The molecule has 3 nitrogen and oxygen atoms in total. The highest BCUT2D eigenvalue weighted by Crippen LogP contribution is 2.28. The van der Waals surface area contributed by atoms with E-state index >= 15 is 0 Å². The number of hydrogen-bond acceptors (Lipinski definition) is 2. The van der Waals surface area contributed by atoms with Gasteiger partial charge in [-0.05, 0) is 54.3 Å². The van der Waals surface area contributed by atoms with Crippen molar-refractivity contribution in [3.8, 4) is 0 Å². The van der Waals surface area contributed by atoms with Crippen LogP contribution in [0.2, 0.25) is 0 Å². The fourth-order valence-corrected chi connectivity index (χ4v) is 2.79. The molecule has 0 atom stereocenters. The summed E-state index contributed by atoms with van der Waals surface area (Å²) in [5.74, 6) is 1.20. The monoisotopic (exact) mass is 396 g/mol. The summed E-state index contributed by atoms with van der Waals surface area (Å²) in [6.07, 6.45) is 0.820. The van der Waals surface area contributed by atoms with E-state index in [1.54, 1.807) is 0 Å². The van der Waals surface area contributed by atoms with Gasteiger partial charge >= 0.3 is 0 Å². The van der Waals surface area contributed by atoms with Crippen molar-refractivity contribution in [3.05, 3.63) is 61.3 Å². The summed E-state index contributed by atoms with van der Waals surface area (Å²) in [6, 6.07) is 10.2. The molecule has 0 aliphatic heterocycles. The predicted octanol–water partition coefficient (Wildman–Crippen LogP) is 3.90. The maximum absolute atomic E-state index is 12.2. The maximum Gasteiger partial charge on any atom is 0.264 e. The Kier molecular flexibility index (Phi) is 4.86. The summed E-state index contributed by atoms with van der Waals surface area (Å²) >= 11 is 2.09. The zero-order chi connectivity index (χ0) is 15.6. The second kappa shape index (κ2) is 6.30. The van der Waals surface area contributed by atoms with Crippen LogP contribution in [0.5, 0.6) is 0 Å². The van der Waals surface area contributed by atoms with E-state index in [9.17, 15) is 4.79 Å². The van der Waals surface area contributed by atoms with E-state index in [1.807, 2.05) is 18.2 Å². The Hall–Kier alpha value is -1.17. The van der Waals surface area contributed by atoms with Crippen LogP contribution in [0, 0.1) is 9.49 Å². The lowest BCUT2D eigenvalue weighted by Gasteiger charge is -2.25. The van der Waals surface area contributed by atoms with Crippen LogP contribution >= 0.6 is 22.6 Å². The Bertz CT molecular complexity index is 675. The molecule has 4 heteroatoms. The fraction of sp³-hybridized carbons (Fsp3) is 0.412. The largest absolute Gasteiger partial charge is 0.309 e. The van der Waals surface area contributed by atoms with Crippen LogP contribution in [0.4, 0.5) is 0 Å². The van der Waals surface area contributed by atoms with Gasteiger partial charge in [-0.3, -0.25) is 4.79 Å². The molecule has 0 aliphatic carbocycles. The van der Waals surface area contributed by atoms with Gasteiger partial charge in [0, 0.05) is 5.41 Å². The number of aromatic nitrogens is 2. The number of H-pyrrole nitrogens is 1. The van der Waals surface area contributed by atoms with Crippen LogP contribution < -0.4 is 5.56 Å². The Morgan fingerprint density at radius 2 is 1.86 bits per heavy atom. The minimum Gasteiger partial charge on any atom is -0.309 e. The minimum absolute atomic E-state index is 0.0414. The van der Waals surface area contributed by atoms with E-state index in [-0.39, 0.29) is 11.0 Å². The SMILES string of the molecule is CC(C)Cc1nc(C(C)(C)c2ccccc2)[nH]c(=O)c1I. The molecule has 1 aromatic carbocycles. The highest BCUT2D eigenvalue weighted by Gasteiger charge is 2.27. The van der Waals surface area contributed by atoms with Crippen molar-refractivity contribution >= 4 is 22.6 Å². The molecule has 0 amide bonds. The lowest BCUT2D eigenvalue weighted by Crippen LogP contribution is -2.29. The lowest BCUT2D eigenvalue weighted by molar-refractivity contribution is 0.566. The van der Waals surface area contributed by atoms with Gasteiger partial charge in [0.05, 0.1) is 9.26 Å². The summed E-state index contributed by atoms with van der Waals surface area (Å²) in [4.78, 5) is 19.9. The van der Waals surface area contributed by atoms with Crippen LogP contribution in [-0.2, 0) is 11.8 Å². The average molecular weight is 396 g/mol. The topological polar surface area (TPSA) is 45.8 Å². The smallest absolute Gasteiger partial charge is 0.264 e. The molecule has 0 radical (unpaired) electrons. The quantitative estimate of drug-likeness (QED) is 0.797. The van der Waals surface area contributed by atoms with Crippen molar-refractivity contribution in [2.75, 3.05) is 0 Å². The van der Waals surface area contributed by atoms with E-state index in [0.717, 1.165) is 23.5 Å². The molecule has 0 spiro atoms. The van der Waals surface area contributed by atoms with Crippen molar-refractivity contribution in [1.82, 2.24) is 9.97 Å². The number of aromatic amines is 1. The second-order valence-electron chi connectivity index (χ2n) is 6.26. The minimum atomic E-state index is -0.323. The molecule has 0 saturated carbocycles. The molecule has 0 saturated heterocycles. The van der Waals surface area contributed by atoms with Gasteiger partial charge in [0.2, 0.25) is 0 Å². The number of nitrogens with one attached hydrogen (secondary N) is 1. The lowest BCUT2D eigenvalue weighted by atomic mass is 9.83. The first-order valence-electron chi connectivity index (χ1n) is 7.17. The zero-order valence-electron chi connectivity index (χ0n) is 12.9. The van der Waals surface area contributed by atoms with Crippen LogP contribution in [0.15, 0.2) is 35.1 Å². The van der Waals surface area contributed by atoms with Gasteiger partial charge in [0.1, 0.15) is 5.82 Å². The number of hydrogen-bond donors (Lipinski definition) is 1. The molecule has 2 rings (SSSR count). The first-order chi connectivity index (χ1) is 9.82. The van der Waals surface area contributed by atoms with Crippen molar-refractivity contribution in [2.45, 2.75) is 39.5 Å². The molecule has 0 unspecified atom stereocenters. The van der Waals surface area contributed by atoms with Crippen molar-refractivity contribution in [1.29, 1.82) is 0 Å². The van der Waals surface area contributed by atoms with E-state index < -0.39 is 0 Å². The third-order valence-electron chi connectivity index (χ3n) is 3.62. The Morgan fingerprint density at radius 1 is 1.24 bits per heavy atom. The number of nitrogens with zero attached hydrogens (tertiary/aromatic N) is 1. The zero-order valence-corrected chi connectivity index (χ0v) is 15.1. The number of benzene rings is 1. The molecule has 21 heavy (non-hydrogen) atoms. The van der Waals surface area contributed by atoms with Gasteiger partial charge in [0.15, 0.2) is 0 Å². The first-order valence-corrected chi connectivity index (χ1v) is 8.25. The molecule has 0 bridgehead atoms. The van der Waals surface area contributed by atoms with Crippen molar-refractivity contribution < 1.29 is 0 Å². The Labute approximate surface area is 139 Å². The van der Waals surface area contributed by atoms with Crippen LogP contribution in [-0.4, -0.2) is 9.97 Å². The number of halogens is 1. The van der Waals surface area contributed by atoms with Gasteiger partial charge in [-0.15, -0.1) is 0 Å². The summed E-state index contributed by atoms with van der Waals surface area (Å²) < 4.78 is 0.703. The van der Waals surface area contributed by atoms with Gasteiger partial charge in [0.25, 0.3) is 5.56 Å². The molecule has 1 heterocycles. The summed E-state index contributed by atoms with van der Waals surface area (Å²) in [5.41, 5.74) is 1.68. The predicted molar refractivity (Wildman–Crippen MR) is 94.7 cm³/mol. The third-order valence-corrected chi connectivity index (χ3v) is 4.73. The summed E-state index contributed by atoms with van der Waals surface area (Å²) in [6.45, 7) is 8.46. The van der Waals surface area contributed by atoms with E-state index in [2.05, 4.69) is 67.4 Å². The Morgan fingerprint density at radius 3 is 2.43 bits per heavy atom. The highest BCUT2D eigenvalue weighted by molar-refractivity contribution is 14.1. The standard InChI is InChI=1S/C17H21IN2O/c1-11(2)10-13-14(18)15(21)20-16(19-13)17(3,4)12-8-6-5-7-9-12/h5-9,11H,10H2,1-4H3,(H,19,20,21). The van der Waals surface area contributed by atoms with Crippen molar-refractivity contribution in [2.24, 2.45) is 5.92 Å². The first kappa shape index (κ1) is 16.2. The van der Waals surface area contributed by atoms with E-state index in [4.69, 9.17) is 4.98 Å². The second-order valence-corrected chi connectivity index (χ2v) is 7.34. The highest BCUT2D eigenvalue weighted by atomic mass is 127. The fourth-order valence-electron chi connectivity index (χ4n) is 2.31. The van der Waals surface area contributed by atoms with Crippen LogP contribution in [0.3, 0.4) is 0 Å². The van der Waals surface area contributed by atoms with Crippen molar-refractivity contribution in [3.63, 3.8) is 0 Å². The van der Waals surface area contributed by atoms with E-state index in [1.165, 1.54) is 0 Å². The molecule has 1 N–H and O–H groups in total. The van der Waals surface area contributed by atoms with Crippen LogP contribution in [0.25, 0.3) is 0 Å². The molecule has 1 aromatic heterocycles. The van der Waals surface area contributed by atoms with Gasteiger partial charge in [-0.25, -0.2) is 4.98 Å². The van der Waals surface area contributed by atoms with Gasteiger partial charge < -0.3 is 4.98 Å². The molecular formula is C17H21IN2O. The molecule has 112 valence electrons. The molecule has 0 aliphatic rings. The average Bonchev–Trinajstić information content (AvgIpc) is 2.44. The Balaban J connectivity index is 2.54. The molecule has 0 fully saturated rings. The number of rotatable bonds is 4. The van der Waals surface area contributed by atoms with E-state index in [0.29, 0.717) is 9.49 Å². The van der Waals surface area contributed by atoms with Gasteiger partial charge in [-0.1, -0.05) is 44.2 Å². The maximum atomic E-state index is 12.2. The van der Waals surface area contributed by atoms with Gasteiger partial charge in [-0.2, -0.15) is 0 Å². The van der Waals surface area contributed by atoms with Crippen LogP contribution in [0.1, 0.15) is 44.8 Å². The molecular weight excluding hydrogens is 375 g/mol.